The van der Waals surface area contributed by atoms with Crippen molar-refractivity contribution in [2.75, 3.05) is 31.1 Å². The second-order valence-corrected chi connectivity index (χ2v) is 7.47. The van der Waals surface area contributed by atoms with E-state index >= 15 is 0 Å². The zero-order valence-electron chi connectivity index (χ0n) is 14.3. The average molecular weight is 336 g/mol. The van der Waals surface area contributed by atoms with Crippen LogP contribution in [0.1, 0.15) is 38.3 Å². The molecule has 0 bridgehead atoms. The standard InChI is InChI=1S/C18H29N3OS/c1-3-18(19,4-2)14-20-17(22)16(15-8-6-5-7-9-15)21-10-12-23-13-11-21/h5-9,16H,3-4,10-14,19H2,1-2H3,(H,20,22). The molecule has 1 aromatic rings. The van der Waals surface area contributed by atoms with E-state index in [0.717, 1.165) is 43.0 Å². The second-order valence-electron chi connectivity index (χ2n) is 6.25. The van der Waals surface area contributed by atoms with E-state index < -0.39 is 0 Å². The third-order valence-electron chi connectivity index (χ3n) is 4.80. The molecule has 1 amide bonds. The molecule has 0 aromatic heterocycles. The van der Waals surface area contributed by atoms with Gasteiger partial charge in [0.25, 0.3) is 0 Å². The summed E-state index contributed by atoms with van der Waals surface area (Å²) < 4.78 is 0. The molecule has 0 radical (unpaired) electrons. The summed E-state index contributed by atoms with van der Waals surface area (Å²) >= 11 is 1.95. The lowest BCUT2D eigenvalue weighted by Crippen LogP contribution is -2.52. The Labute approximate surface area is 144 Å². The summed E-state index contributed by atoms with van der Waals surface area (Å²) in [6.07, 6.45) is 1.72. The van der Waals surface area contributed by atoms with Crippen molar-refractivity contribution in [3.8, 4) is 0 Å². The monoisotopic (exact) mass is 335 g/mol. The second kappa shape index (κ2) is 8.71. The van der Waals surface area contributed by atoms with Crippen molar-refractivity contribution in [2.24, 2.45) is 5.73 Å². The van der Waals surface area contributed by atoms with Gasteiger partial charge in [0.1, 0.15) is 6.04 Å². The molecule has 3 N–H and O–H groups in total. The number of rotatable bonds is 7. The molecule has 2 rings (SSSR count). The van der Waals surface area contributed by atoms with Crippen LogP contribution >= 0.6 is 11.8 Å². The number of carbonyl (C=O) groups excluding carboxylic acids is 1. The van der Waals surface area contributed by atoms with Gasteiger partial charge in [-0.3, -0.25) is 9.69 Å². The summed E-state index contributed by atoms with van der Waals surface area (Å²) in [6.45, 7) is 6.59. The van der Waals surface area contributed by atoms with Crippen molar-refractivity contribution in [3.05, 3.63) is 35.9 Å². The van der Waals surface area contributed by atoms with Crippen LogP contribution in [0.4, 0.5) is 0 Å². The fraction of sp³-hybridized carbons (Fsp3) is 0.611. The van der Waals surface area contributed by atoms with E-state index in [-0.39, 0.29) is 17.5 Å². The highest BCUT2D eigenvalue weighted by Gasteiger charge is 2.30. The molecule has 0 spiro atoms. The van der Waals surface area contributed by atoms with E-state index in [1.807, 2.05) is 42.1 Å². The summed E-state index contributed by atoms with van der Waals surface area (Å²) in [4.78, 5) is 15.2. The number of thioether (sulfide) groups is 1. The van der Waals surface area contributed by atoms with Gasteiger partial charge >= 0.3 is 0 Å². The predicted octanol–water partition coefficient (Wildman–Crippen LogP) is 2.41. The van der Waals surface area contributed by atoms with Crippen LogP contribution in [-0.2, 0) is 4.79 Å². The van der Waals surface area contributed by atoms with Crippen molar-refractivity contribution in [1.82, 2.24) is 10.2 Å². The highest BCUT2D eigenvalue weighted by atomic mass is 32.2. The largest absolute Gasteiger partial charge is 0.353 e. The average Bonchev–Trinajstić information content (AvgIpc) is 2.62. The Morgan fingerprint density at radius 1 is 1.26 bits per heavy atom. The lowest BCUT2D eigenvalue weighted by molar-refractivity contribution is -0.126. The van der Waals surface area contributed by atoms with Crippen LogP contribution in [-0.4, -0.2) is 47.5 Å². The van der Waals surface area contributed by atoms with Gasteiger partial charge in [-0.2, -0.15) is 11.8 Å². The quantitative estimate of drug-likeness (QED) is 0.803. The smallest absolute Gasteiger partial charge is 0.242 e. The number of carbonyl (C=O) groups is 1. The lowest BCUT2D eigenvalue weighted by Gasteiger charge is -2.35. The number of nitrogens with one attached hydrogen (secondary N) is 1. The molecule has 1 saturated heterocycles. The van der Waals surface area contributed by atoms with Crippen molar-refractivity contribution in [3.63, 3.8) is 0 Å². The number of benzene rings is 1. The van der Waals surface area contributed by atoms with Crippen LogP contribution in [0.25, 0.3) is 0 Å². The zero-order chi connectivity index (χ0) is 16.7. The molecule has 1 aromatic carbocycles. The van der Waals surface area contributed by atoms with Gasteiger partial charge < -0.3 is 11.1 Å². The van der Waals surface area contributed by atoms with Gasteiger partial charge in [-0.25, -0.2) is 0 Å². The fourth-order valence-electron chi connectivity index (χ4n) is 2.86. The van der Waals surface area contributed by atoms with Gasteiger partial charge in [0, 0.05) is 36.7 Å². The van der Waals surface area contributed by atoms with Crippen LogP contribution in [0.2, 0.25) is 0 Å². The Kier molecular flexibility index (Phi) is 6.93. The molecule has 5 heteroatoms. The number of nitrogens with zero attached hydrogens (tertiary/aromatic N) is 1. The van der Waals surface area contributed by atoms with Gasteiger partial charge in [-0.1, -0.05) is 44.2 Å². The number of amides is 1. The van der Waals surface area contributed by atoms with Crippen LogP contribution in [0.15, 0.2) is 30.3 Å². The summed E-state index contributed by atoms with van der Waals surface area (Å²) in [5, 5.41) is 3.11. The molecule has 23 heavy (non-hydrogen) atoms. The minimum Gasteiger partial charge on any atom is -0.353 e. The first-order valence-corrected chi connectivity index (χ1v) is 9.68. The minimum absolute atomic E-state index is 0.0693. The Balaban J connectivity index is 2.11. The molecule has 1 aliphatic heterocycles. The maximum Gasteiger partial charge on any atom is 0.242 e. The molecule has 0 aliphatic carbocycles. The summed E-state index contributed by atoms with van der Waals surface area (Å²) in [5.41, 5.74) is 7.08. The third-order valence-corrected chi connectivity index (χ3v) is 5.74. The van der Waals surface area contributed by atoms with E-state index in [4.69, 9.17) is 5.73 Å². The molecule has 128 valence electrons. The number of hydrogen-bond acceptors (Lipinski definition) is 4. The van der Waals surface area contributed by atoms with Gasteiger partial charge in [0.05, 0.1) is 0 Å². The summed E-state index contributed by atoms with van der Waals surface area (Å²) in [7, 11) is 0. The van der Waals surface area contributed by atoms with E-state index in [0.29, 0.717) is 6.54 Å². The van der Waals surface area contributed by atoms with Gasteiger partial charge in [0.2, 0.25) is 5.91 Å². The highest BCUT2D eigenvalue weighted by Crippen LogP contribution is 2.24. The molecular formula is C18H29N3OS. The fourth-order valence-corrected chi connectivity index (χ4v) is 3.79. The topological polar surface area (TPSA) is 58.4 Å². The van der Waals surface area contributed by atoms with Gasteiger partial charge in [-0.15, -0.1) is 0 Å². The first-order valence-electron chi connectivity index (χ1n) is 8.53. The lowest BCUT2D eigenvalue weighted by atomic mass is 9.94. The van der Waals surface area contributed by atoms with Gasteiger partial charge in [0.15, 0.2) is 0 Å². The van der Waals surface area contributed by atoms with E-state index in [9.17, 15) is 4.79 Å². The van der Waals surface area contributed by atoms with Crippen LogP contribution in [0.3, 0.4) is 0 Å². The van der Waals surface area contributed by atoms with E-state index in [2.05, 4.69) is 24.1 Å². The summed E-state index contributed by atoms with van der Waals surface area (Å²) in [5.74, 6) is 2.24. The Hall–Kier alpha value is -1.04. The predicted molar refractivity (Wildman–Crippen MR) is 98.6 cm³/mol. The van der Waals surface area contributed by atoms with Gasteiger partial charge in [-0.05, 0) is 18.4 Å². The zero-order valence-corrected chi connectivity index (χ0v) is 15.1. The molecule has 1 aliphatic rings. The highest BCUT2D eigenvalue weighted by molar-refractivity contribution is 7.99. The SMILES string of the molecule is CCC(N)(CC)CNC(=O)C(c1ccccc1)N1CCSCC1. The Morgan fingerprint density at radius 3 is 2.43 bits per heavy atom. The number of hydrogen-bond donors (Lipinski definition) is 2. The summed E-state index contributed by atoms with van der Waals surface area (Å²) in [6, 6.07) is 9.86. The van der Waals surface area contributed by atoms with Crippen molar-refractivity contribution < 1.29 is 4.79 Å². The van der Waals surface area contributed by atoms with Crippen molar-refractivity contribution in [1.29, 1.82) is 0 Å². The van der Waals surface area contributed by atoms with Crippen molar-refractivity contribution >= 4 is 17.7 Å². The maximum absolute atomic E-state index is 12.9. The van der Waals surface area contributed by atoms with Crippen molar-refractivity contribution in [2.45, 2.75) is 38.3 Å². The normalized spacial score (nSPS) is 17.7. The molecule has 1 heterocycles. The molecular weight excluding hydrogens is 306 g/mol. The molecule has 0 saturated carbocycles. The Morgan fingerprint density at radius 2 is 1.87 bits per heavy atom. The van der Waals surface area contributed by atoms with Crippen LogP contribution in [0, 0.1) is 0 Å². The molecule has 1 unspecified atom stereocenters. The minimum atomic E-state index is -0.311. The number of nitrogens with two attached hydrogens (primary N) is 1. The van der Waals surface area contributed by atoms with E-state index in [1.54, 1.807) is 0 Å². The first kappa shape index (κ1) is 18.3. The Bertz CT molecular complexity index is 484. The van der Waals surface area contributed by atoms with Crippen LogP contribution in [0.5, 0.6) is 0 Å². The molecule has 4 nitrogen and oxygen atoms in total. The third kappa shape index (κ3) is 4.96. The first-order chi connectivity index (χ1) is 11.1. The maximum atomic E-state index is 12.9. The molecule has 1 fully saturated rings. The van der Waals surface area contributed by atoms with E-state index in [1.165, 1.54) is 0 Å². The van der Waals surface area contributed by atoms with Crippen LogP contribution < -0.4 is 11.1 Å². The molecule has 1 atom stereocenters.